The highest BCUT2D eigenvalue weighted by atomic mass is 127. The van der Waals surface area contributed by atoms with Crippen LogP contribution in [0.15, 0.2) is 27.8 Å². The molecule has 2 N–H and O–H groups in total. The summed E-state index contributed by atoms with van der Waals surface area (Å²) in [6.07, 6.45) is 5.24. The Morgan fingerprint density at radius 3 is 2.68 bits per heavy atom. The summed E-state index contributed by atoms with van der Waals surface area (Å²) >= 11 is 0. The third-order valence-electron chi connectivity index (χ3n) is 4.89. The molecule has 1 amide bonds. The van der Waals surface area contributed by atoms with Crippen LogP contribution in [0, 0.1) is 11.8 Å². The number of rotatable bonds is 7. The maximum atomic E-state index is 11.8. The fourth-order valence-electron chi connectivity index (χ4n) is 3.50. The van der Waals surface area contributed by atoms with Gasteiger partial charge in [-0.25, -0.2) is 0 Å². The molecule has 1 aliphatic rings. The predicted molar refractivity (Wildman–Crippen MR) is 112 cm³/mol. The minimum absolute atomic E-state index is 0. The fourth-order valence-corrected chi connectivity index (χ4v) is 3.50. The Kier molecular flexibility index (Phi) is 9.92. The highest BCUT2D eigenvalue weighted by Crippen LogP contribution is 2.28. The molecule has 1 aromatic heterocycles. The van der Waals surface area contributed by atoms with Crippen LogP contribution in [0.5, 0.6) is 0 Å². The van der Waals surface area contributed by atoms with Gasteiger partial charge in [-0.2, -0.15) is 0 Å². The molecule has 0 aromatic carbocycles. The van der Waals surface area contributed by atoms with E-state index in [2.05, 4.69) is 34.4 Å². The van der Waals surface area contributed by atoms with Crippen LogP contribution in [0.25, 0.3) is 0 Å². The van der Waals surface area contributed by atoms with Gasteiger partial charge < -0.3 is 20.0 Å². The smallest absolute Gasteiger partial charge is 0.287 e. The average Bonchev–Trinajstić information content (AvgIpc) is 3.28. The SMILES string of the molecule is CCC(CC)C1CCN(C(=NC)NCCNC(=O)c2ccco2)C1.I. The Bertz CT molecular complexity index is 529. The van der Waals surface area contributed by atoms with Gasteiger partial charge in [0, 0.05) is 33.2 Å². The minimum atomic E-state index is -0.188. The summed E-state index contributed by atoms with van der Waals surface area (Å²) < 4.78 is 5.07. The van der Waals surface area contributed by atoms with Crippen molar-refractivity contribution in [3.63, 3.8) is 0 Å². The molecule has 0 bridgehead atoms. The number of furan rings is 1. The first-order valence-electron chi connectivity index (χ1n) is 8.96. The number of amides is 1. The Morgan fingerprint density at radius 1 is 1.36 bits per heavy atom. The van der Waals surface area contributed by atoms with Crippen LogP contribution in [0.1, 0.15) is 43.7 Å². The van der Waals surface area contributed by atoms with Crippen LogP contribution in [0.3, 0.4) is 0 Å². The molecule has 1 aromatic rings. The van der Waals surface area contributed by atoms with Gasteiger partial charge in [0.05, 0.1) is 6.26 Å². The summed E-state index contributed by atoms with van der Waals surface area (Å²) in [5, 5.41) is 6.17. The molecule has 1 fully saturated rings. The molecular formula is C18H31IN4O2. The predicted octanol–water partition coefficient (Wildman–Crippen LogP) is 2.96. The van der Waals surface area contributed by atoms with E-state index in [1.54, 1.807) is 12.1 Å². The number of carbonyl (C=O) groups is 1. The van der Waals surface area contributed by atoms with Crippen LogP contribution < -0.4 is 10.6 Å². The van der Waals surface area contributed by atoms with Crippen LogP contribution in [0.2, 0.25) is 0 Å². The molecule has 7 heteroatoms. The number of hydrogen-bond donors (Lipinski definition) is 2. The molecule has 1 atom stereocenters. The Labute approximate surface area is 167 Å². The summed E-state index contributed by atoms with van der Waals surface area (Å²) in [6, 6.07) is 3.36. The van der Waals surface area contributed by atoms with Crippen molar-refractivity contribution in [2.24, 2.45) is 16.8 Å². The molecule has 25 heavy (non-hydrogen) atoms. The highest BCUT2D eigenvalue weighted by molar-refractivity contribution is 14.0. The van der Waals surface area contributed by atoms with Gasteiger partial charge in [0.2, 0.25) is 0 Å². The lowest BCUT2D eigenvalue weighted by atomic mass is 9.87. The Morgan fingerprint density at radius 2 is 2.08 bits per heavy atom. The Hall–Kier alpha value is -1.25. The van der Waals surface area contributed by atoms with Gasteiger partial charge in [0.15, 0.2) is 11.7 Å². The molecule has 2 rings (SSSR count). The van der Waals surface area contributed by atoms with Crippen molar-refractivity contribution in [2.45, 2.75) is 33.1 Å². The maximum absolute atomic E-state index is 11.8. The second kappa shape index (κ2) is 11.4. The summed E-state index contributed by atoms with van der Waals surface area (Å²) in [7, 11) is 1.81. The van der Waals surface area contributed by atoms with Crippen molar-refractivity contribution in [3.05, 3.63) is 24.2 Å². The zero-order valence-corrected chi connectivity index (χ0v) is 17.8. The lowest BCUT2D eigenvalue weighted by Gasteiger charge is -2.24. The van der Waals surface area contributed by atoms with Crippen LogP contribution in [-0.4, -0.2) is 50.0 Å². The van der Waals surface area contributed by atoms with Gasteiger partial charge in [0.25, 0.3) is 5.91 Å². The lowest BCUT2D eigenvalue weighted by molar-refractivity contribution is 0.0926. The number of nitrogens with zero attached hydrogens (tertiary/aromatic N) is 2. The van der Waals surface area contributed by atoms with E-state index >= 15 is 0 Å². The lowest BCUT2D eigenvalue weighted by Crippen LogP contribution is -2.43. The number of hydrogen-bond acceptors (Lipinski definition) is 3. The molecule has 6 nitrogen and oxygen atoms in total. The van der Waals surface area contributed by atoms with E-state index in [1.165, 1.54) is 25.5 Å². The molecule has 0 saturated carbocycles. The third-order valence-corrected chi connectivity index (χ3v) is 4.89. The molecule has 1 saturated heterocycles. The van der Waals surface area contributed by atoms with Crippen molar-refractivity contribution in [2.75, 3.05) is 33.2 Å². The number of halogens is 1. The second-order valence-corrected chi connectivity index (χ2v) is 6.28. The van der Waals surface area contributed by atoms with Crippen molar-refractivity contribution >= 4 is 35.8 Å². The molecule has 1 unspecified atom stereocenters. The van der Waals surface area contributed by atoms with Gasteiger partial charge in [-0.3, -0.25) is 9.79 Å². The first kappa shape index (κ1) is 21.8. The molecule has 0 radical (unpaired) electrons. The average molecular weight is 462 g/mol. The zero-order chi connectivity index (χ0) is 17.4. The maximum Gasteiger partial charge on any atom is 0.287 e. The molecule has 142 valence electrons. The van der Waals surface area contributed by atoms with Crippen LogP contribution in [0.4, 0.5) is 0 Å². The largest absolute Gasteiger partial charge is 0.459 e. The van der Waals surface area contributed by atoms with E-state index in [0.29, 0.717) is 18.8 Å². The number of carbonyl (C=O) groups excluding carboxylic acids is 1. The quantitative estimate of drug-likeness (QED) is 0.283. The van der Waals surface area contributed by atoms with E-state index < -0.39 is 0 Å². The van der Waals surface area contributed by atoms with Crippen LogP contribution >= 0.6 is 24.0 Å². The number of likely N-dealkylation sites (tertiary alicyclic amines) is 1. The van der Waals surface area contributed by atoms with E-state index in [1.807, 2.05) is 7.05 Å². The van der Waals surface area contributed by atoms with Gasteiger partial charge in [0.1, 0.15) is 0 Å². The van der Waals surface area contributed by atoms with Gasteiger partial charge >= 0.3 is 0 Å². The molecule has 2 heterocycles. The zero-order valence-electron chi connectivity index (χ0n) is 15.5. The van der Waals surface area contributed by atoms with E-state index in [9.17, 15) is 4.79 Å². The highest BCUT2D eigenvalue weighted by Gasteiger charge is 2.29. The fraction of sp³-hybridized carbons (Fsp3) is 0.667. The van der Waals surface area contributed by atoms with Crippen molar-refractivity contribution in [1.82, 2.24) is 15.5 Å². The number of guanidine groups is 1. The van der Waals surface area contributed by atoms with Crippen molar-refractivity contribution < 1.29 is 9.21 Å². The summed E-state index contributed by atoms with van der Waals surface area (Å²) in [5.41, 5.74) is 0. The normalized spacial score (nSPS) is 17.5. The topological polar surface area (TPSA) is 69.9 Å². The van der Waals surface area contributed by atoms with E-state index in [0.717, 1.165) is 30.9 Å². The standard InChI is InChI=1S/C18H30N4O2.HI/c1-4-14(5-2)15-8-11-22(13-15)18(19-3)21-10-9-20-17(23)16-7-6-12-24-16;/h6-7,12,14-15H,4-5,8-11,13H2,1-3H3,(H,19,21)(H,20,23);1H. The van der Waals surface area contributed by atoms with Crippen molar-refractivity contribution in [3.8, 4) is 0 Å². The first-order valence-corrected chi connectivity index (χ1v) is 8.96. The first-order chi connectivity index (χ1) is 11.7. The summed E-state index contributed by atoms with van der Waals surface area (Å²) in [6.45, 7) is 7.87. The number of nitrogens with one attached hydrogen (secondary N) is 2. The van der Waals surface area contributed by atoms with Crippen LogP contribution in [-0.2, 0) is 0 Å². The summed E-state index contributed by atoms with van der Waals surface area (Å²) in [5.74, 6) is 2.65. The number of aliphatic imine (C=N–C) groups is 1. The summed E-state index contributed by atoms with van der Waals surface area (Å²) in [4.78, 5) is 18.5. The van der Waals surface area contributed by atoms with Gasteiger partial charge in [-0.05, 0) is 30.4 Å². The Balaban J connectivity index is 0.00000312. The van der Waals surface area contributed by atoms with Gasteiger partial charge in [-0.15, -0.1) is 24.0 Å². The molecule has 0 spiro atoms. The molecular weight excluding hydrogens is 431 g/mol. The third kappa shape index (κ3) is 6.20. The van der Waals surface area contributed by atoms with Crippen molar-refractivity contribution in [1.29, 1.82) is 0 Å². The second-order valence-electron chi connectivity index (χ2n) is 6.28. The van der Waals surface area contributed by atoms with E-state index in [4.69, 9.17) is 4.42 Å². The monoisotopic (exact) mass is 462 g/mol. The molecule has 0 aliphatic carbocycles. The minimum Gasteiger partial charge on any atom is -0.459 e. The van der Waals surface area contributed by atoms with E-state index in [-0.39, 0.29) is 29.9 Å². The molecule has 1 aliphatic heterocycles. The van der Waals surface area contributed by atoms with Gasteiger partial charge in [-0.1, -0.05) is 26.7 Å².